The second-order valence-electron chi connectivity index (χ2n) is 4.95. The third-order valence-electron chi connectivity index (χ3n) is 3.48. The highest BCUT2D eigenvalue weighted by Gasteiger charge is 2.14. The fourth-order valence-electron chi connectivity index (χ4n) is 2.37. The maximum absolute atomic E-state index is 11.1. The molecule has 0 saturated heterocycles. The predicted molar refractivity (Wildman–Crippen MR) is 84.3 cm³/mol. The number of benzene rings is 2. The molecule has 0 aliphatic rings. The predicted octanol–water partition coefficient (Wildman–Crippen LogP) is 3.27. The molecule has 0 aliphatic carbocycles. The number of primary amides is 1. The average Bonchev–Trinajstić information content (AvgIpc) is 2.95. The lowest BCUT2D eigenvalue weighted by Gasteiger charge is -2.04. The molecule has 0 radical (unpaired) electrons. The standard InChI is InChI=1S/C17H11N3O3/c18-16(21)10-5-7-11(8-6-10)22-17-15-14(19-9-20-17)12-3-1-2-4-13(12)23-15/h1-9H,(H2,18,21). The van der Waals surface area contributed by atoms with Gasteiger partial charge in [0.25, 0.3) is 5.88 Å². The molecule has 6 nitrogen and oxygen atoms in total. The van der Waals surface area contributed by atoms with Crippen molar-refractivity contribution in [3.8, 4) is 11.6 Å². The van der Waals surface area contributed by atoms with Crippen molar-refractivity contribution in [2.24, 2.45) is 5.73 Å². The van der Waals surface area contributed by atoms with E-state index in [4.69, 9.17) is 14.9 Å². The van der Waals surface area contributed by atoms with Crippen LogP contribution in [0.15, 0.2) is 59.3 Å². The zero-order chi connectivity index (χ0) is 15.8. The molecule has 2 heterocycles. The number of nitrogens with two attached hydrogens (primary N) is 1. The second kappa shape index (κ2) is 5.10. The zero-order valence-electron chi connectivity index (χ0n) is 11.9. The molecule has 2 aromatic carbocycles. The van der Waals surface area contributed by atoms with Crippen LogP contribution in [0.4, 0.5) is 0 Å². The SMILES string of the molecule is NC(=O)c1ccc(Oc2ncnc3c2oc2ccccc23)cc1. The zero-order valence-corrected chi connectivity index (χ0v) is 11.9. The maximum atomic E-state index is 11.1. The number of rotatable bonds is 3. The minimum Gasteiger partial charge on any atom is -0.449 e. The Hall–Kier alpha value is -3.41. The van der Waals surface area contributed by atoms with Gasteiger partial charge in [-0.1, -0.05) is 12.1 Å². The largest absolute Gasteiger partial charge is 0.449 e. The molecule has 0 unspecified atom stereocenters. The van der Waals surface area contributed by atoms with Gasteiger partial charge in [-0.2, -0.15) is 4.98 Å². The Labute approximate surface area is 130 Å². The Morgan fingerprint density at radius 1 is 1.04 bits per heavy atom. The molecule has 0 aliphatic heterocycles. The third-order valence-corrected chi connectivity index (χ3v) is 3.48. The molecule has 0 atom stereocenters. The average molecular weight is 305 g/mol. The molecule has 1 amide bonds. The Morgan fingerprint density at radius 3 is 2.61 bits per heavy atom. The van der Waals surface area contributed by atoms with Crippen LogP contribution in [-0.4, -0.2) is 15.9 Å². The lowest BCUT2D eigenvalue weighted by Crippen LogP contribution is -2.10. The molecule has 0 spiro atoms. The van der Waals surface area contributed by atoms with Gasteiger partial charge in [-0.15, -0.1) is 0 Å². The number of hydrogen-bond acceptors (Lipinski definition) is 5. The summed E-state index contributed by atoms with van der Waals surface area (Å²) in [6.07, 6.45) is 1.43. The van der Waals surface area contributed by atoms with Crippen molar-refractivity contribution in [1.29, 1.82) is 0 Å². The molecule has 6 heteroatoms. The number of ether oxygens (including phenoxy) is 1. The van der Waals surface area contributed by atoms with Crippen molar-refractivity contribution in [1.82, 2.24) is 9.97 Å². The topological polar surface area (TPSA) is 91.2 Å². The summed E-state index contributed by atoms with van der Waals surface area (Å²) < 4.78 is 11.6. The number of furan rings is 1. The molecular formula is C17H11N3O3. The first-order chi connectivity index (χ1) is 11.2. The fourth-order valence-corrected chi connectivity index (χ4v) is 2.37. The number of para-hydroxylation sites is 1. The van der Waals surface area contributed by atoms with Gasteiger partial charge in [0.05, 0.1) is 0 Å². The van der Waals surface area contributed by atoms with Crippen molar-refractivity contribution < 1.29 is 13.9 Å². The quantitative estimate of drug-likeness (QED) is 0.627. The molecular weight excluding hydrogens is 294 g/mol. The Balaban J connectivity index is 1.78. The van der Waals surface area contributed by atoms with Crippen LogP contribution in [0.25, 0.3) is 22.1 Å². The van der Waals surface area contributed by atoms with Gasteiger partial charge in [0.1, 0.15) is 23.2 Å². The van der Waals surface area contributed by atoms with Crippen LogP contribution in [0.2, 0.25) is 0 Å². The van der Waals surface area contributed by atoms with Gasteiger partial charge in [-0.05, 0) is 36.4 Å². The summed E-state index contributed by atoms with van der Waals surface area (Å²) in [5, 5.41) is 0.902. The van der Waals surface area contributed by atoms with Crippen molar-refractivity contribution in [3.05, 3.63) is 60.4 Å². The van der Waals surface area contributed by atoms with Crippen molar-refractivity contribution >= 4 is 28.0 Å². The van der Waals surface area contributed by atoms with Gasteiger partial charge >= 0.3 is 0 Å². The van der Waals surface area contributed by atoms with Gasteiger partial charge in [0.15, 0.2) is 0 Å². The maximum Gasteiger partial charge on any atom is 0.267 e. The molecule has 4 aromatic rings. The number of amides is 1. The molecule has 112 valence electrons. The second-order valence-corrected chi connectivity index (χ2v) is 4.95. The first-order valence-electron chi connectivity index (χ1n) is 6.92. The van der Waals surface area contributed by atoms with Crippen LogP contribution in [0.1, 0.15) is 10.4 Å². The third kappa shape index (κ3) is 2.26. The monoisotopic (exact) mass is 305 g/mol. The van der Waals surface area contributed by atoms with Gasteiger partial charge in [0.2, 0.25) is 11.5 Å². The first-order valence-corrected chi connectivity index (χ1v) is 6.92. The van der Waals surface area contributed by atoms with Crippen LogP contribution in [-0.2, 0) is 0 Å². The van der Waals surface area contributed by atoms with Crippen LogP contribution < -0.4 is 10.5 Å². The fraction of sp³-hybridized carbons (Fsp3) is 0. The van der Waals surface area contributed by atoms with Gasteiger partial charge < -0.3 is 14.9 Å². The van der Waals surface area contributed by atoms with Crippen LogP contribution >= 0.6 is 0 Å². The van der Waals surface area contributed by atoms with E-state index in [-0.39, 0.29) is 0 Å². The summed E-state index contributed by atoms with van der Waals surface area (Å²) in [6.45, 7) is 0. The summed E-state index contributed by atoms with van der Waals surface area (Å²) in [5.41, 5.74) is 7.52. The minimum absolute atomic E-state index is 0.318. The number of fused-ring (bicyclic) bond motifs is 3. The molecule has 4 rings (SSSR count). The van der Waals surface area contributed by atoms with Gasteiger partial charge in [-0.25, -0.2) is 4.98 Å². The number of carbonyl (C=O) groups excluding carboxylic acids is 1. The van der Waals surface area contributed by atoms with Gasteiger partial charge in [-0.3, -0.25) is 4.79 Å². The van der Waals surface area contributed by atoms with Crippen molar-refractivity contribution in [2.75, 3.05) is 0 Å². The minimum atomic E-state index is -0.488. The van der Waals surface area contributed by atoms with E-state index in [0.717, 1.165) is 11.0 Å². The number of nitrogens with zero attached hydrogens (tertiary/aromatic N) is 2. The highest BCUT2D eigenvalue weighted by atomic mass is 16.5. The Morgan fingerprint density at radius 2 is 1.83 bits per heavy atom. The smallest absolute Gasteiger partial charge is 0.267 e. The van der Waals surface area contributed by atoms with E-state index in [2.05, 4.69) is 9.97 Å². The van der Waals surface area contributed by atoms with E-state index in [0.29, 0.717) is 28.3 Å². The van der Waals surface area contributed by atoms with Crippen LogP contribution in [0.5, 0.6) is 11.6 Å². The van der Waals surface area contributed by atoms with Crippen molar-refractivity contribution in [2.45, 2.75) is 0 Å². The van der Waals surface area contributed by atoms with E-state index in [1.807, 2.05) is 24.3 Å². The summed E-state index contributed by atoms with van der Waals surface area (Å²) >= 11 is 0. The molecule has 2 N–H and O–H groups in total. The van der Waals surface area contributed by atoms with Crippen LogP contribution in [0, 0.1) is 0 Å². The van der Waals surface area contributed by atoms with E-state index in [1.165, 1.54) is 6.33 Å². The summed E-state index contributed by atoms with van der Waals surface area (Å²) in [6, 6.07) is 14.1. The Bertz CT molecular complexity index is 1020. The van der Waals surface area contributed by atoms with E-state index in [9.17, 15) is 4.79 Å². The van der Waals surface area contributed by atoms with Crippen LogP contribution in [0.3, 0.4) is 0 Å². The molecule has 2 aromatic heterocycles. The number of hydrogen-bond donors (Lipinski definition) is 1. The van der Waals surface area contributed by atoms with E-state index in [1.54, 1.807) is 24.3 Å². The highest BCUT2D eigenvalue weighted by Crippen LogP contribution is 2.33. The summed E-state index contributed by atoms with van der Waals surface area (Å²) in [4.78, 5) is 19.5. The number of carbonyl (C=O) groups is 1. The molecule has 0 fully saturated rings. The summed E-state index contributed by atoms with van der Waals surface area (Å²) in [7, 11) is 0. The van der Waals surface area contributed by atoms with E-state index >= 15 is 0 Å². The van der Waals surface area contributed by atoms with Gasteiger partial charge in [0, 0.05) is 10.9 Å². The lowest BCUT2D eigenvalue weighted by atomic mass is 10.2. The number of aromatic nitrogens is 2. The molecule has 0 bridgehead atoms. The lowest BCUT2D eigenvalue weighted by molar-refractivity contribution is 0.100. The summed E-state index contributed by atoms with van der Waals surface area (Å²) in [5.74, 6) is 0.353. The highest BCUT2D eigenvalue weighted by molar-refractivity contribution is 6.03. The van der Waals surface area contributed by atoms with Crippen molar-refractivity contribution in [3.63, 3.8) is 0 Å². The van der Waals surface area contributed by atoms with E-state index < -0.39 is 5.91 Å². The Kier molecular flexibility index (Phi) is 2.94. The normalized spacial score (nSPS) is 11.0. The molecule has 23 heavy (non-hydrogen) atoms. The first kappa shape index (κ1) is 13.3. The molecule has 0 saturated carbocycles.